The van der Waals surface area contributed by atoms with Gasteiger partial charge in [0.05, 0.1) is 10.8 Å². The highest BCUT2D eigenvalue weighted by Crippen LogP contribution is 2.40. The zero-order valence-electron chi connectivity index (χ0n) is 17.2. The SMILES string of the molecule is CCN(CCc1ccccc1)C(C)CCc1ccc(C2CC(Cl)C(Cl)C2)cc1. The summed E-state index contributed by atoms with van der Waals surface area (Å²) in [6.07, 6.45) is 5.44. The van der Waals surface area contributed by atoms with Crippen LogP contribution in [0.2, 0.25) is 0 Å². The molecule has 0 bridgehead atoms. The number of hydrogen-bond donors (Lipinski definition) is 0. The first kappa shape index (κ1) is 21.7. The molecule has 3 rings (SSSR count). The van der Waals surface area contributed by atoms with E-state index in [2.05, 4.69) is 73.3 Å². The second kappa shape index (κ2) is 10.7. The Morgan fingerprint density at radius 3 is 2.11 bits per heavy atom. The Morgan fingerprint density at radius 1 is 0.893 bits per heavy atom. The van der Waals surface area contributed by atoms with Crippen LogP contribution in [0.1, 0.15) is 55.7 Å². The van der Waals surface area contributed by atoms with Gasteiger partial charge in [0.15, 0.2) is 0 Å². The number of alkyl halides is 2. The largest absolute Gasteiger partial charge is 0.301 e. The molecule has 3 atom stereocenters. The molecule has 0 aromatic heterocycles. The summed E-state index contributed by atoms with van der Waals surface area (Å²) >= 11 is 12.6. The summed E-state index contributed by atoms with van der Waals surface area (Å²) < 4.78 is 0. The molecule has 0 radical (unpaired) electrons. The molecule has 0 aliphatic heterocycles. The molecular weight excluding hydrogens is 385 g/mol. The van der Waals surface area contributed by atoms with Gasteiger partial charge in [-0.1, -0.05) is 61.5 Å². The van der Waals surface area contributed by atoms with E-state index in [4.69, 9.17) is 23.2 Å². The van der Waals surface area contributed by atoms with Gasteiger partial charge in [0.1, 0.15) is 0 Å². The van der Waals surface area contributed by atoms with Crippen molar-refractivity contribution in [3.05, 3.63) is 71.3 Å². The lowest BCUT2D eigenvalue weighted by molar-refractivity contribution is 0.212. The van der Waals surface area contributed by atoms with Crippen LogP contribution in [-0.4, -0.2) is 34.8 Å². The van der Waals surface area contributed by atoms with Crippen molar-refractivity contribution in [2.45, 2.75) is 68.7 Å². The minimum absolute atomic E-state index is 0.114. The fraction of sp³-hybridized carbons (Fsp3) is 0.520. The maximum absolute atomic E-state index is 6.29. The van der Waals surface area contributed by atoms with E-state index in [0.717, 1.165) is 38.8 Å². The first-order chi connectivity index (χ1) is 13.6. The molecule has 0 saturated heterocycles. The van der Waals surface area contributed by atoms with Gasteiger partial charge in [0.2, 0.25) is 0 Å². The Labute approximate surface area is 181 Å². The molecule has 28 heavy (non-hydrogen) atoms. The van der Waals surface area contributed by atoms with Crippen LogP contribution in [-0.2, 0) is 12.8 Å². The van der Waals surface area contributed by atoms with Gasteiger partial charge in [-0.15, -0.1) is 23.2 Å². The molecule has 2 aromatic rings. The van der Waals surface area contributed by atoms with Crippen LogP contribution < -0.4 is 0 Å². The van der Waals surface area contributed by atoms with Crippen molar-refractivity contribution in [3.8, 4) is 0 Å². The van der Waals surface area contributed by atoms with E-state index in [0.29, 0.717) is 12.0 Å². The molecule has 0 spiro atoms. The normalized spacial score (nSPS) is 23.2. The maximum atomic E-state index is 6.29. The third-order valence-corrected chi connectivity index (χ3v) is 7.37. The summed E-state index contributed by atoms with van der Waals surface area (Å²) in [4.78, 5) is 2.60. The van der Waals surface area contributed by atoms with Gasteiger partial charge in [-0.2, -0.15) is 0 Å². The van der Waals surface area contributed by atoms with Crippen molar-refractivity contribution in [2.24, 2.45) is 0 Å². The zero-order chi connectivity index (χ0) is 19.9. The highest BCUT2D eigenvalue weighted by atomic mass is 35.5. The van der Waals surface area contributed by atoms with Crippen molar-refractivity contribution in [1.82, 2.24) is 4.90 Å². The average molecular weight is 418 g/mol. The first-order valence-electron chi connectivity index (χ1n) is 10.7. The van der Waals surface area contributed by atoms with Gasteiger partial charge in [-0.3, -0.25) is 0 Å². The van der Waals surface area contributed by atoms with E-state index in [1.54, 1.807) is 0 Å². The number of rotatable bonds is 9. The van der Waals surface area contributed by atoms with Crippen LogP contribution in [0.4, 0.5) is 0 Å². The van der Waals surface area contributed by atoms with E-state index in [9.17, 15) is 0 Å². The first-order valence-corrected chi connectivity index (χ1v) is 11.6. The fourth-order valence-electron chi connectivity index (χ4n) is 4.33. The van der Waals surface area contributed by atoms with Gasteiger partial charge >= 0.3 is 0 Å². The van der Waals surface area contributed by atoms with E-state index >= 15 is 0 Å². The Kier molecular flexibility index (Phi) is 8.26. The lowest BCUT2D eigenvalue weighted by Crippen LogP contribution is -2.35. The molecule has 2 aromatic carbocycles. The summed E-state index contributed by atoms with van der Waals surface area (Å²) in [7, 11) is 0. The lowest BCUT2D eigenvalue weighted by Gasteiger charge is -2.28. The number of halogens is 2. The standard InChI is InChI=1S/C25H33Cl2N/c1-3-28(16-15-20-7-5-4-6-8-20)19(2)9-10-21-11-13-22(14-12-21)23-17-24(26)25(27)18-23/h4-8,11-14,19,23-25H,3,9-10,15-18H2,1-2H3. The monoisotopic (exact) mass is 417 g/mol. The highest BCUT2D eigenvalue weighted by Gasteiger charge is 2.32. The predicted molar refractivity (Wildman–Crippen MR) is 123 cm³/mol. The molecule has 0 amide bonds. The minimum Gasteiger partial charge on any atom is -0.301 e. The van der Waals surface area contributed by atoms with Crippen LogP contribution >= 0.6 is 23.2 Å². The van der Waals surface area contributed by atoms with Crippen molar-refractivity contribution >= 4 is 23.2 Å². The summed E-state index contributed by atoms with van der Waals surface area (Å²) in [5, 5.41) is 0.228. The molecular formula is C25H33Cl2N. The van der Waals surface area contributed by atoms with Crippen molar-refractivity contribution < 1.29 is 0 Å². The summed E-state index contributed by atoms with van der Waals surface area (Å²) in [6, 6.07) is 20.6. The second-order valence-corrected chi connectivity index (χ2v) is 9.31. The Hall–Kier alpha value is -1.02. The fourth-order valence-corrected chi connectivity index (χ4v) is 4.97. The van der Waals surface area contributed by atoms with Gasteiger partial charge in [0, 0.05) is 12.6 Å². The smallest absolute Gasteiger partial charge is 0.0505 e. The molecule has 3 unspecified atom stereocenters. The average Bonchev–Trinajstić information content (AvgIpc) is 3.06. The van der Waals surface area contributed by atoms with E-state index in [1.165, 1.54) is 23.1 Å². The van der Waals surface area contributed by atoms with E-state index in [1.807, 2.05) is 0 Å². The second-order valence-electron chi connectivity index (χ2n) is 8.19. The van der Waals surface area contributed by atoms with Gasteiger partial charge < -0.3 is 4.90 Å². The summed E-state index contributed by atoms with van der Waals surface area (Å²) in [6.45, 7) is 6.87. The Bertz CT molecular complexity index is 690. The van der Waals surface area contributed by atoms with Crippen molar-refractivity contribution in [3.63, 3.8) is 0 Å². The Morgan fingerprint density at radius 2 is 1.50 bits per heavy atom. The Balaban J connectivity index is 1.47. The molecule has 1 fully saturated rings. The number of aryl methyl sites for hydroxylation is 1. The zero-order valence-corrected chi connectivity index (χ0v) is 18.7. The molecule has 1 saturated carbocycles. The molecule has 3 heteroatoms. The van der Waals surface area contributed by atoms with Gasteiger partial charge in [0.25, 0.3) is 0 Å². The van der Waals surface area contributed by atoms with Gasteiger partial charge in [-0.05, 0) is 68.2 Å². The number of benzene rings is 2. The third-order valence-electron chi connectivity index (χ3n) is 6.27. The number of hydrogen-bond acceptors (Lipinski definition) is 1. The number of nitrogens with zero attached hydrogens (tertiary/aromatic N) is 1. The number of likely N-dealkylation sites (N-methyl/N-ethyl adjacent to an activating group) is 1. The molecule has 0 N–H and O–H groups in total. The highest BCUT2D eigenvalue weighted by molar-refractivity contribution is 6.30. The van der Waals surface area contributed by atoms with Crippen LogP contribution in [0.5, 0.6) is 0 Å². The molecule has 1 aliphatic carbocycles. The summed E-state index contributed by atoms with van der Waals surface area (Å²) in [5.41, 5.74) is 4.25. The molecule has 0 heterocycles. The lowest BCUT2D eigenvalue weighted by atomic mass is 9.95. The summed E-state index contributed by atoms with van der Waals surface area (Å²) in [5.74, 6) is 0.520. The van der Waals surface area contributed by atoms with Crippen LogP contribution in [0.25, 0.3) is 0 Å². The van der Waals surface area contributed by atoms with Crippen molar-refractivity contribution in [1.29, 1.82) is 0 Å². The van der Waals surface area contributed by atoms with Gasteiger partial charge in [-0.25, -0.2) is 0 Å². The quantitative estimate of drug-likeness (QED) is 0.412. The topological polar surface area (TPSA) is 3.24 Å². The molecule has 1 nitrogen and oxygen atoms in total. The maximum Gasteiger partial charge on any atom is 0.0505 e. The van der Waals surface area contributed by atoms with E-state index < -0.39 is 0 Å². The predicted octanol–water partition coefficient (Wildman–Crippen LogP) is 6.66. The van der Waals surface area contributed by atoms with Crippen molar-refractivity contribution in [2.75, 3.05) is 13.1 Å². The van der Waals surface area contributed by atoms with Crippen LogP contribution in [0.3, 0.4) is 0 Å². The van der Waals surface area contributed by atoms with Crippen LogP contribution in [0, 0.1) is 0 Å². The molecule has 152 valence electrons. The minimum atomic E-state index is 0.114. The third kappa shape index (κ3) is 5.99. The van der Waals surface area contributed by atoms with E-state index in [-0.39, 0.29) is 10.8 Å². The van der Waals surface area contributed by atoms with Crippen LogP contribution in [0.15, 0.2) is 54.6 Å². The molecule has 1 aliphatic rings.